The summed E-state index contributed by atoms with van der Waals surface area (Å²) in [5.41, 5.74) is 0. The van der Waals surface area contributed by atoms with Crippen LogP contribution in [0, 0.1) is 5.92 Å². The molecule has 1 unspecified atom stereocenters. The molecule has 0 aromatic heterocycles. The summed E-state index contributed by atoms with van der Waals surface area (Å²) in [6, 6.07) is 1.32. The molecule has 90 valence electrons. The van der Waals surface area contributed by atoms with E-state index < -0.39 is 9.20 Å². The van der Waals surface area contributed by atoms with E-state index in [9.17, 15) is 0 Å². The summed E-state index contributed by atoms with van der Waals surface area (Å²) in [4.78, 5) is 3.61. The first kappa shape index (κ1) is 13.2. The fourth-order valence-corrected chi connectivity index (χ4v) is 4.34. The Morgan fingerprint density at radius 3 is 2.67 bits per heavy atom. The normalized spacial score (nSPS) is 19.6. The van der Waals surface area contributed by atoms with Crippen molar-refractivity contribution in [2.45, 2.75) is 57.9 Å². The number of unbranched alkanes of at least 4 members (excludes halogenated alkanes) is 1. The lowest BCUT2D eigenvalue weighted by Gasteiger charge is -2.16. The molecule has 0 bridgehead atoms. The van der Waals surface area contributed by atoms with Crippen LogP contribution in [0.3, 0.4) is 0 Å². The molecule has 0 aromatic rings. The van der Waals surface area contributed by atoms with Crippen molar-refractivity contribution in [1.82, 2.24) is 4.98 Å². The first-order valence-electron chi connectivity index (χ1n) is 6.63. The van der Waals surface area contributed by atoms with Crippen molar-refractivity contribution in [3.05, 3.63) is 0 Å². The average Bonchev–Trinajstić information content (AvgIpc) is 2.76. The molecule has 1 fully saturated rings. The highest BCUT2D eigenvalue weighted by atomic mass is 28.3. The average molecular weight is 229 g/mol. The molecule has 0 aromatic carbocycles. The minimum absolute atomic E-state index is 1.02. The van der Waals surface area contributed by atoms with Gasteiger partial charge >= 0.3 is 0 Å². The van der Waals surface area contributed by atoms with Crippen molar-refractivity contribution in [3.63, 3.8) is 0 Å². The molecule has 1 aliphatic carbocycles. The van der Waals surface area contributed by atoms with Gasteiger partial charge in [0.15, 0.2) is 0 Å². The summed E-state index contributed by atoms with van der Waals surface area (Å²) >= 11 is 0. The van der Waals surface area contributed by atoms with E-state index in [0.29, 0.717) is 0 Å². The van der Waals surface area contributed by atoms with E-state index in [4.69, 9.17) is 4.43 Å². The van der Waals surface area contributed by atoms with Crippen molar-refractivity contribution >= 4 is 9.20 Å². The van der Waals surface area contributed by atoms with E-state index >= 15 is 0 Å². The smallest absolute Gasteiger partial charge is 0.251 e. The summed E-state index contributed by atoms with van der Waals surface area (Å²) < 4.78 is 5.58. The fraction of sp³-hybridized carbons (Fsp3) is 1.00. The van der Waals surface area contributed by atoms with Crippen molar-refractivity contribution in [2.24, 2.45) is 5.92 Å². The largest absolute Gasteiger partial charge is 0.409 e. The van der Waals surface area contributed by atoms with Crippen LogP contribution in [0.5, 0.6) is 0 Å². The maximum atomic E-state index is 5.58. The first-order valence-corrected chi connectivity index (χ1v) is 8.49. The Bertz CT molecular complexity index is 149. The van der Waals surface area contributed by atoms with Gasteiger partial charge in [0.1, 0.15) is 0 Å². The van der Waals surface area contributed by atoms with Gasteiger partial charge in [-0.3, -0.25) is 0 Å². The van der Waals surface area contributed by atoms with Gasteiger partial charge in [0.2, 0.25) is 0 Å². The minimum Gasteiger partial charge on any atom is -0.409 e. The summed E-state index contributed by atoms with van der Waals surface area (Å²) in [7, 11) is 0.829. The Labute approximate surface area is 96.6 Å². The second kappa shape index (κ2) is 8.31. The zero-order valence-electron chi connectivity index (χ0n) is 10.4. The molecule has 2 nitrogen and oxygen atoms in total. The maximum Gasteiger partial charge on any atom is 0.251 e. The fourth-order valence-electron chi connectivity index (χ4n) is 2.43. The van der Waals surface area contributed by atoms with Crippen LogP contribution < -0.4 is 4.98 Å². The lowest BCUT2D eigenvalue weighted by molar-refractivity contribution is 0.395. The zero-order chi connectivity index (χ0) is 10.9. The van der Waals surface area contributed by atoms with Gasteiger partial charge in [-0.05, 0) is 31.3 Å². The lowest BCUT2D eigenvalue weighted by Crippen LogP contribution is -2.36. The quantitative estimate of drug-likeness (QED) is 0.510. The first-order chi connectivity index (χ1) is 7.36. The Balaban J connectivity index is 2.04. The van der Waals surface area contributed by atoms with Gasteiger partial charge in [0, 0.05) is 7.11 Å². The molecule has 1 aliphatic rings. The minimum atomic E-state index is -1.05. The van der Waals surface area contributed by atoms with Crippen LogP contribution in [-0.4, -0.2) is 22.9 Å². The van der Waals surface area contributed by atoms with E-state index in [-0.39, 0.29) is 0 Å². The third-order valence-electron chi connectivity index (χ3n) is 3.50. The summed E-state index contributed by atoms with van der Waals surface area (Å²) in [6.45, 7) is 3.40. The molecule has 1 saturated carbocycles. The van der Waals surface area contributed by atoms with Crippen LogP contribution in [-0.2, 0) is 4.43 Å². The zero-order valence-corrected chi connectivity index (χ0v) is 11.6. The van der Waals surface area contributed by atoms with Gasteiger partial charge in [-0.2, -0.15) is 0 Å². The molecule has 15 heavy (non-hydrogen) atoms. The van der Waals surface area contributed by atoms with Crippen molar-refractivity contribution in [2.75, 3.05) is 13.7 Å². The van der Waals surface area contributed by atoms with Gasteiger partial charge in [0.05, 0.1) is 0 Å². The predicted octanol–water partition coefficient (Wildman–Crippen LogP) is 2.82. The lowest BCUT2D eigenvalue weighted by atomic mass is 10.1. The van der Waals surface area contributed by atoms with Crippen molar-refractivity contribution in [1.29, 1.82) is 0 Å². The topological polar surface area (TPSA) is 21.3 Å². The maximum absolute atomic E-state index is 5.58. The van der Waals surface area contributed by atoms with Gasteiger partial charge in [-0.15, -0.1) is 0 Å². The highest BCUT2D eigenvalue weighted by Gasteiger charge is 2.17. The number of rotatable bonds is 8. The Morgan fingerprint density at radius 1 is 1.33 bits per heavy atom. The van der Waals surface area contributed by atoms with Gasteiger partial charge in [-0.25, -0.2) is 0 Å². The second-order valence-corrected chi connectivity index (χ2v) is 7.19. The molecule has 1 atom stereocenters. The third-order valence-corrected chi connectivity index (χ3v) is 5.67. The number of hydrogen-bond donors (Lipinski definition) is 1. The summed E-state index contributed by atoms with van der Waals surface area (Å²) in [5.74, 6) is 1.02. The number of hydrogen-bond acceptors (Lipinski definition) is 2. The molecule has 3 heteroatoms. The SMILES string of the molecule is CCCCN[SiH](CCC1CCCC1)OC. The van der Waals surface area contributed by atoms with Gasteiger partial charge < -0.3 is 9.41 Å². The Morgan fingerprint density at radius 2 is 2.07 bits per heavy atom. The number of nitrogens with one attached hydrogen (secondary N) is 1. The molecule has 0 spiro atoms. The van der Waals surface area contributed by atoms with Crippen LogP contribution >= 0.6 is 0 Å². The molecule has 0 saturated heterocycles. The van der Waals surface area contributed by atoms with Crippen LogP contribution in [0.4, 0.5) is 0 Å². The van der Waals surface area contributed by atoms with Crippen LogP contribution in [0.15, 0.2) is 0 Å². The highest BCUT2D eigenvalue weighted by molar-refractivity contribution is 6.48. The van der Waals surface area contributed by atoms with Crippen LogP contribution in [0.25, 0.3) is 0 Å². The summed E-state index contributed by atoms with van der Waals surface area (Å²) in [6.07, 6.45) is 9.85. The van der Waals surface area contributed by atoms with E-state index in [1.54, 1.807) is 0 Å². The van der Waals surface area contributed by atoms with Gasteiger partial charge in [0.25, 0.3) is 9.20 Å². The monoisotopic (exact) mass is 229 g/mol. The van der Waals surface area contributed by atoms with Crippen molar-refractivity contribution < 1.29 is 4.43 Å². The second-order valence-electron chi connectivity index (χ2n) is 4.76. The van der Waals surface area contributed by atoms with E-state index in [1.165, 1.54) is 51.0 Å². The van der Waals surface area contributed by atoms with Crippen molar-refractivity contribution in [3.8, 4) is 0 Å². The molecule has 0 heterocycles. The standard InChI is InChI=1S/C12H27NOSi/c1-3-4-10-13-15(14-2)11-9-12-7-5-6-8-12/h12-13,15H,3-11H2,1-2H3. The molecule has 1 rings (SSSR count). The molecule has 0 aliphatic heterocycles. The molecule has 1 N–H and O–H groups in total. The van der Waals surface area contributed by atoms with Crippen LogP contribution in [0.1, 0.15) is 51.9 Å². The van der Waals surface area contributed by atoms with Crippen LogP contribution in [0.2, 0.25) is 6.04 Å². The Kier molecular flexibility index (Phi) is 7.31. The van der Waals surface area contributed by atoms with E-state index in [0.717, 1.165) is 12.5 Å². The highest BCUT2D eigenvalue weighted by Crippen LogP contribution is 2.28. The van der Waals surface area contributed by atoms with Gasteiger partial charge in [-0.1, -0.05) is 39.0 Å². The van der Waals surface area contributed by atoms with E-state index in [2.05, 4.69) is 11.9 Å². The molecule has 0 amide bonds. The molecular formula is C12H27NOSi. The molecular weight excluding hydrogens is 202 g/mol. The third kappa shape index (κ3) is 5.69. The van der Waals surface area contributed by atoms with E-state index in [1.807, 2.05) is 7.11 Å². The Hall–Kier alpha value is 0.137. The molecule has 0 radical (unpaired) electrons. The summed E-state index contributed by atoms with van der Waals surface area (Å²) in [5, 5.41) is 0. The predicted molar refractivity (Wildman–Crippen MR) is 68.5 cm³/mol.